The van der Waals surface area contributed by atoms with Crippen LogP contribution in [0.3, 0.4) is 0 Å². The van der Waals surface area contributed by atoms with Crippen LogP contribution in [0.4, 0.5) is 4.39 Å². The molecule has 0 aromatic heterocycles. The fraction of sp³-hybridized carbons (Fsp3) is 0.200. The summed E-state index contributed by atoms with van der Waals surface area (Å²) in [4.78, 5) is 0. The van der Waals surface area contributed by atoms with Gasteiger partial charge in [0.15, 0.2) is 0 Å². The molecule has 0 radical (unpaired) electrons. The third kappa shape index (κ3) is 3.79. The summed E-state index contributed by atoms with van der Waals surface area (Å²) in [6.07, 6.45) is 0. The number of hydrogen-bond acceptors (Lipinski definition) is 3. The van der Waals surface area contributed by atoms with Crippen molar-refractivity contribution in [3.63, 3.8) is 0 Å². The molecule has 3 nitrogen and oxygen atoms in total. The van der Waals surface area contributed by atoms with E-state index < -0.39 is 5.82 Å². The van der Waals surface area contributed by atoms with Crippen LogP contribution < -0.4 is 5.32 Å². The van der Waals surface area contributed by atoms with E-state index in [4.69, 9.17) is 5.11 Å². The van der Waals surface area contributed by atoms with Crippen LogP contribution in [0.15, 0.2) is 40.9 Å². The quantitative estimate of drug-likeness (QED) is 0.784. The van der Waals surface area contributed by atoms with Crippen molar-refractivity contribution in [3.8, 4) is 5.75 Å². The van der Waals surface area contributed by atoms with Crippen LogP contribution in [0, 0.1) is 5.82 Å². The molecule has 0 heterocycles. The maximum Gasteiger partial charge on any atom is 0.128 e. The van der Waals surface area contributed by atoms with Crippen molar-refractivity contribution in [1.29, 1.82) is 0 Å². The summed E-state index contributed by atoms with van der Waals surface area (Å²) in [5.41, 5.74) is 1.95. The highest BCUT2D eigenvalue weighted by atomic mass is 79.9. The molecule has 0 spiro atoms. The Morgan fingerprint density at radius 2 is 1.85 bits per heavy atom. The highest BCUT2D eigenvalue weighted by Gasteiger charge is 2.04. The summed E-state index contributed by atoms with van der Waals surface area (Å²) in [7, 11) is 0. The van der Waals surface area contributed by atoms with Gasteiger partial charge in [-0.15, -0.1) is 0 Å². The van der Waals surface area contributed by atoms with Crippen molar-refractivity contribution < 1.29 is 14.6 Å². The fourth-order valence-electron chi connectivity index (χ4n) is 1.90. The topological polar surface area (TPSA) is 52.5 Å². The summed E-state index contributed by atoms with van der Waals surface area (Å²) >= 11 is 3.35. The van der Waals surface area contributed by atoms with E-state index >= 15 is 0 Å². The first-order chi connectivity index (χ1) is 9.60. The summed E-state index contributed by atoms with van der Waals surface area (Å²) in [6.45, 7) is 0.711. The van der Waals surface area contributed by atoms with Crippen molar-refractivity contribution in [3.05, 3.63) is 63.4 Å². The Balaban J connectivity index is 1.97. The Hall–Kier alpha value is -1.43. The fourth-order valence-corrected chi connectivity index (χ4v) is 2.30. The average Bonchev–Trinajstić information content (AvgIpc) is 2.44. The number of phenols is 1. The molecule has 3 N–H and O–H groups in total. The summed E-state index contributed by atoms with van der Waals surface area (Å²) in [5.74, 6) is -0.170. The van der Waals surface area contributed by atoms with Gasteiger partial charge in [-0.1, -0.05) is 22.0 Å². The van der Waals surface area contributed by atoms with Crippen molar-refractivity contribution in [2.24, 2.45) is 0 Å². The van der Waals surface area contributed by atoms with Gasteiger partial charge in [-0.05, 0) is 35.9 Å². The molecule has 0 amide bonds. The number of phenolic OH excluding ortho intramolecular Hbond substituents is 1. The van der Waals surface area contributed by atoms with Crippen molar-refractivity contribution in [2.75, 3.05) is 0 Å². The lowest BCUT2D eigenvalue weighted by Crippen LogP contribution is -2.13. The highest BCUT2D eigenvalue weighted by molar-refractivity contribution is 9.10. The van der Waals surface area contributed by atoms with Gasteiger partial charge in [-0.25, -0.2) is 4.39 Å². The van der Waals surface area contributed by atoms with Gasteiger partial charge < -0.3 is 15.5 Å². The lowest BCUT2D eigenvalue weighted by Gasteiger charge is -2.09. The molecule has 0 fully saturated rings. The Morgan fingerprint density at radius 3 is 2.60 bits per heavy atom. The van der Waals surface area contributed by atoms with E-state index in [1.54, 1.807) is 24.3 Å². The lowest BCUT2D eigenvalue weighted by atomic mass is 10.1. The van der Waals surface area contributed by atoms with E-state index in [1.165, 1.54) is 6.07 Å². The van der Waals surface area contributed by atoms with Crippen LogP contribution in [0.25, 0.3) is 0 Å². The minimum atomic E-state index is -0.402. The number of halogens is 2. The molecule has 5 heteroatoms. The minimum Gasteiger partial charge on any atom is -0.508 e. The molecule has 2 aromatic rings. The number of rotatable bonds is 5. The normalized spacial score (nSPS) is 10.8. The maximum absolute atomic E-state index is 13.2. The first kappa shape index (κ1) is 15.0. The Morgan fingerprint density at radius 1 is 1.05 bits per heavy atom. The third-order valence-corrected chi connectivity index (χ3v) is 3.46. The second kappa shape index (κ2) is 6.83. The molecular formula is C15H15BrFNO2. The van der Waals surface area contributed by atoms with E-state index in [9.17, 15) is 9.50 Å². The van der Waals surface area contributed by atoms with Crippen LogP contribution in [0.2, 0.25) is 0 Å². The average molecular weight is 340 g/mol. The molecule has 0 aliphatic rings. The lowest BCUT2D eigenvalue weighted by molar-refractivity contribution is 0.275. The van der Waals surface area contributed by atoms with Crippen LogP contribution >= 0.6 is 15.9 Å². The number of aliphatic hydroxyl groups is 1. The van der Waals surface area contributed by atoms with Gasteiger partial charge in [0, 0.05) is 28.7 Å². The SMILES string of the molecule is OCc1cc(CNCc2cc(Br)ccc2O)ccc1F. The van der Waals surface area contributed by atoms with E-state index in [1.807, 2.05) is 6.07 Å². The van der Waals surface area contributed by atoms with Gasteiger partial charge in [0.25, 0.3) is 0 Å². The van der Waals surface area contributed by atoms with Gasteiger partial charge in [0.1, 0.15) is 11.6 Å². The Labute approximate surface area is 125 Å². The van der Waals surface area contributed by atoms with Crippen molar-refractivity contribution >= 4 is 15.9 Å². The predicted octanol–water partition coefficient (Wildman–Crippen LogP) is 3.08. The molecule has 2 aromatic carbocycles. The highest BCUT2D eigenvalue weighted by Crippen LogP contribution is 2.21. The van der Waals surface area contributed by atoms with Gasteiger partial charge >= 0.3 is 0 Å². The zero-order chi connectivity index (χ0) is 14.5. The summed E-state index contributed by atoms with van der Waals surface area (Å²) < 4.78 is 14.1. The standard InChI is InChI=1S/C15H15BrFNO2/c16-13-2-4-15(20)11(6-13)8-18-7-10-1-3-14(17)12(5-10)9-19/h1-6,18-20H,7-9H2. The van der Waals surface area contributed by atoms with Crippen LogP contribution in [-0.2, 0) is 19.7 Å². The molecule has 0 bridgehead atoms. The largest absolute Gasteiger partial charge is 0.508 e. The predicted molar refractivity (Wildman–Crippen MR) is 78.7 cm³/mol. The third-order valence-electron chi connectivity index (χ3n) is 2.97. The molecule has 0 saturated carbocycles. The molecule has 20 heavy (non-hydrogen) atoms. The summed E-state index contributed by atoms with van der Waals surface area (Å²) in [6, 6.07) is 9.88. The van der Waals surface area contributed by atoms with Crippen molar-refractivity contribution in [1.82, 2.24) is 5.32 Å². The number of nitrogens with one attached hydrogen (secondary N) is 1. The maximum atomic E-state index is 13.2. The van der Waals surface area contributed by atoms with Gasteiger partial charge in [0.2, 0.25) is 0 Å². The monoisotopic (exact) mass is 339 g/mol. The number of benzene rings is 2. The molecule has 0 aliphatic carbocycles. The van der Waals surface area contributed by atoms with Gasteiger partial charge in [-0.2, -0.15) is 0 Å². The number of hydrogen-bond donors (Lipinski definition) is 3. The van der Waals surface area contributed by atoms with Crippen LogP contribution in [-0.4, -0.2) is 10.2 Å². The number of aromatic hydroxyl groups is 1. The van der Waals surface area contributed by atoms with E-state index in [0.29, 0.717) is 13.1 Å². The Bertz CT molecular complexity index is 604. The Kier molecular flexibility index (Phi) is 5.11. The zero-order valence-electron chi connectivity index (χ0n) is 10.7. The zero-order valence-corrected chi connectivity index (χ0v) is 12.3. The number of aliphatic hydroxyl groups excluding tert-OH is 1. The van der Waals surface area contributed by atoms with Gasteiger partial charge in [0.05, 0.1) is 6.61 Å². The molecular weight excluding hydrogens is 325 g/mol. The molecule has 0 unspecified atom stereocenters. The molecule has 0 saturated heterocycles. The smallest absolute Gasteiger partial charge is 0.128 e. The molecule has 106 valence electrons. The molecule has 0 atom stereocenters. The second-order valence-electron chi connectivity index (χ2n) is 4.46. The first-order valence-electron chi connectivity index (χ1n) is 6.16. The minimum absolute atomic E-state index is 0.232. The van der Waals surface area contributed by atoms with Gasteiger partial charge in [-0.3, -0.25) is 0 Å². The summed E-state index contributed by atoms with van der Waals surface area (Å²) in [5, 5.41) is 21.9. The molecule has 2 rings (SSSR count). The molecule has 0 aliphatic heterocycles. The van der Waals surface area contributed by atoms with Crippen LogP contribution in [0.1, 0.15) is 16.7 Å². The van der Waals surface area contributed by atoms with E-state index in [-0.39, 0.29) is 17.9 Å². The van der Waals surface area contributed by atoms with E-state index in [0.717, 1.165) is 15.6 Å². The first-order valence-corrected chi connectivity index (χ1v) is 6.95. The second-order valence-corrected chi connectivity index (χ2v) is 5.38. The van der Waals surface area contributed by atoms with Crippen LogP contribution in [0.5, 0.6) is 5.75 Å². The van der Waals surface area contributed by atoms with Crippen molar-refractivity contribution in [2.45, 2.75) is 19.7 Å². The van der Waals surface area contributed by atoms with E-state index in [2.05, 4.69) is 21.2 Å².